The van der Waals surface area contributed by atoms with E-state index >= 15 is 0 Å². The van der Waals surface area contributed by atoms with Gasteiger partial charge in [0, 0.05) is 42.9 Å². The van der Waals surface area contributed by atoms with E-state index in [1.165, 1.54) is 17.7 Å². The highest BCUT2D eigenvalue weighted by Gasteiger charge is 2.21. The highest BCUT2D eigenvalue weighted by molar-refractivity contribution is 14.0. The number of amides is 1. The lowest BCUT2D eigenvalue weighted by Crippen LogP contribution is -2.40. The number of hydrogen-bond donors (Lipinski definition) is 2. The number of nitrogens with one attached hydrogen (secondary N) is 2. The van der Waals surface area contributed by atoms with E-state index < -0.39 is 0 Å². The van der Waals surface area contributed by atoms with Crippen LogP contribution in [0.1, 0.15) is 12.8 Å². The lowest BCUT2D eigenvalue weighted by Gasteiger charge is -2.13. The average Bonchev–Trinajstić information content (AvgIpc) is 3.38. The van der Waals surface area contributed by atoms with Gasteiger partial charge in [-0.1, -0.05) is 11.6 Å². The van der Waals surface area contributed by atoms with Crippen molar-refractivity contribution in [3.63, 3.8) is 0 Å². The maximum absolute atomic E-state index is 11.7. The molecule has 0 atom stereocenters. The highest BCUT2D eigenvalue weighted by atomic mass is 127. The number of benzene rings is 1. The van der Waals surface area contributed by atoms with Crippen molar-refractivity contribution in [1.29, 1.82) is 0 Å². The van der Waals surface area contributed by atoms with E-state index in [2.05, 4.69) is 15.6 Å². The van der Waals surface area contributed by atoms with Crippen molar-refractivity contribution < 1.29 is 4.79 Å². The molecule has 140 valence electrons. The van der Waals surface area contributed by atoms with Gasteiger partial charge in [0.1, 0.15) is 6.54 Å². The third-order valence-corrected chi connectivity index (χ3v) is 4.87. The van der Waals surface area contributed by atoms with Crippen molar-refractivity contribution in [2.24, 2.45) is 10.9 Å². The largest absolute Gasteiger partial charge is 0.356 e. The van der Waals surface area contributed by atoms with E-state index in [1.54, 1.807) is 30.8 Å². The first-order chi connectivity index (χ1) is 11.5. The van der Waals surface area contributed by atoms with Crippen molar-refractivity contribution in [3.05, 3.63) is 29.3 Å². The van der Waals surface area contributed by atoms with Gasteiger partial charge in [-0.25, -0.2) is 4.99 Å². The molecule has 1 aromatic rings. The van der Waals surface area contributed by atoms with Gasteiger partial charge in [-0.15, -0.1) is 35.7 Å². The third kappa shape index (κ3) is 9.55. The van der Waals surface area contributed by atoms with E-state index in [0.717, 1.165) is 29.8 Å². The van der Waals surface area contributed by atoms with Gasteiger partial charge in [0.25, 0.3) is 0 Å². The summed E-state index contributed by atoms with van der Waals surface area (Å²) in [5.74, 6) is 2.38. The summed E-state index contributed by atoms with van der Waals surface area (Å²) in [4.78, 5) is 18.8. The summed E-state index contributed by atoms with van der Waals surface area (Å²) in [5, 5.41) is 7.38. The molecule has 8 heteroatoms. The Morgan fingerprint density at radius 2 is 1.96 bits per heavy atom. The Kier molecular flexibility index (Phi) is 10.6. The van der Waals surface area contributed by atoms with Gasteiger partial charge < -0.3 is 15.5 Å². The van der Waals surface area contributed by atoms with Crippen LogP contribution in [-0.4, -0.2) is 56.2 Å². The molecule has 1 aliphatic rings. The topological polar surface area (TPSA) is 56.7 Å². The van der Waals surface area contributed by atoms with E-state index in [-0.39, 0.29) is 36.4 Å². The predicted molar refractivity (Wildman–Crippen MR) is 117 cm³/mol. The molecule has 0 radical (unpaired) electrons. The van der Waals surface area contributed by atoms with Crippen LogP contribution in [0.2, 0.25) is 5.02 Å². The molecule has 0 spiro atoms. The second kappa shape index (κ2) is 11.9. The minimum atomic E-state index is -0.00180. The van der Waals surface area contributed by atoms with Gasteiger partial charge >= 0.3 is 0 Å². The number of guanidine groups is 1. The zero-order chi connectivity index (χ0) is 17.4. The molecular formula is C17H26ClIN4OS. The Hall–Kier alpha value is -0.670. The van der Waals surface area contributed by atoms with Crippen LogP contribution < -0.4 is 10.6 Å². The maximum Gasteiger partial charge on any atom is 0.243 e. The molecule has 0 saturated heterocycles. The lowest BCUT2D eigenvalue weighted by molar-refractivity contribution is -0.127. The summed E-state index contributed by atoms with van der Waals surface area (Å²) in [6, 6.07) is 7.83. The van der Waals surface area contributed by atoms with Gasteiger partial charge in [-0.2, -0.15) is 0 Å². The number of halogens is 2. The van der Waals surface area contributed by atoms with Gasteiger partial charge in [0.05, 0.1) is 0 Å². The number of hydrogen-bond acceptors (Lipinski definition) is 3. The van der Waals surface area contributed by atoms with Crippen molar-refractivity contribution in [2.75, 3.05) is 39.5 Å². The molecule has 2 rings (SSSR count). The van der Waals surface area contributed by atoms with E-state index in [9.17, 15) is 4.79 Å². The van der Waals surface area contributed by atoms with Crippen LogP contribution in [0.3, 0.4) is 0 Å². The standard InChI is InChI=1S/C17H25ClN4OS.HI/c1-22(2)16(23)12-21-17(20-11-13-3-4-13)19-9-10-24-15-7-5-14(18)6-8-15;/h5-8,13H,3-4,9-12H2,1-2H3,(H2,19,20,21);1H. The Bertz CT molecular complexity index is 564. The molecule has 2 N–H and O–H groups in total. The first-order valence-corrected chi connectivity index (χ1v) is 9.51. The Labute approximate surface area is 176 Å². The molecule has 0 aliphatic heterocycles. The molecule has 25 heavy (non-hydrogen) atoms. The van der Waals surface area contributed by atoms with Crippen LogP contribution in [-0.2, 0) is 4.79 Å². The van der Waals surface area contributed by atoms with Crippen LogP contribution in [0.15, 0.2) is 34.2 Å². The molecule has 1 amide bonds. The fourth-order valence-electron chi connectivity index (χ4n) is 1.89. The summed E-state index contributed by atoms with van der Waals surface area (Å²) in [6.07, 6.45) is 2.56. The zero-order valence-corrected chi connectivity index (χ0v) is 18.5. The van der Waals surface area contributed by atoms with Crippen LogP contribution in [0.25, 0.3) is 0 Å². The second-order valence-electron chi connectivity index (χ2n) is 6.01. The summed E-state index contributed by atoms with van der Waals surface area (Å²) in [7, 11) is 3.48. The first kappa shape index (κ1) is 22.4. The predicted octanol–water partition coefficient (Wildman–Crippen LogP) is 3.08. The Morgan fingerprint density at radius 3 is 2.56 bits per heavy atom. The molecule has 1 saturated carbocycles. The van der Waals surface area contributed by atoms with Crippen LogP contribution in [0, 0.1) is 5.92 Å². The Morgan fingerprint density at radius 1 is 1.28 bits per heavy atom. The van der Waals surface area contributed by atoms with Crippen molar-refractivity contribution in [3.8, 4) is 0 Å². The Balaban J connectivity index is 0.00000312. The van der Waals surface area contributed by atoms with E-state index in [0.29, 0.717) is 5.96 Å². The summed E-state index contributed by atoms with van der Waals surface area (Å²) in [5.41, 5.74) is 0. The van der Waals surface area contributed by atoms with E-state index in [1.807, 2.05) is 24.3 Å². The zero-order valence-electron chi connectivity index (χ0n) is 14.6. The van der Waals surface area contributed by atoms with Gasteiger partial charge in [0.15, 0.2) is 5.96 Å². The van der Waals surface area contributed by atoms with Crippen LogP contribution >= 0.6 is 47.3 Å². The molecule has 5 nitrogen and oxygen atoms in total. The van der Waals surface area contributed by atoms with Gasteiger partial charge in [0.2, 0.25) is 5.91 Å². The first-order valence-electron chi connectivity index (χ1n) is 8.15. The van der Waals surface area contributed by atoms with Crippen molar-refractivity contribution in [1.82, 2.24) is 15.5 Å². The molecule has 0 unspecified atom stereocenters. The summed E-state index contributed by atoms with van der Waals surface area (Å²) < 4.78 is 0. The average molecular weight is 497 g/mol. The maximum atomic E-state index is 11.7. The molecule has 0 heterocycles. The monoisotopic (exact) mass is 496 g/mol. The summed E-state index contributed by atoms with van der Waals surface area (Å²) >= 11 is 7.64. The lowest BCUT2D eigenvalue weighted by atomic mass is 10.4. The fraction of sp³-hybridized carbons (Fsp3) is 0.529. The minimum Gasteiger partial charge on any atom is -0.356 e. The van der Waals surface area contributed by atoms with Gasteiger partial charge in [-0.05, 0) is 43.0 Å². The number of carbonyl (C=O) groups is 1. The van der Waals surface area contributed by atoms with Gasteiger partial charge in [-0.3, -0.25) is 4.79 Å². The molecule has 1 aliphatic carbocycles. The second-order valence-corrected chi connectivity index (χ2v) is 7.61. The minimum absolute atomic E-state index is 0. The molecular weight excluding hydrogens is 471 g/mol. The third-order valence-electron chi connectivity index (χ3n) is 3.60. The van der Waals surface area contributed by atoms with Crippen molar-refractivity contribution in [2.45, 2.75) is 17.7 Å². The fourth-order valence-corrected chi connectivity index (χ4v) is 2.79. The number of aliphatic imine (C=N–C) groups is 1. The quantitative estimate of drug-likeness (QED) is 0.191. The van der Waals surface area contributed by atoms with E-state index in [4.69, 9.17) is 11.6 Å². The van der Waals surface area contributed by atoms with Crippen LogP contribution in [0.5, 0.6) is 0 Å². The highest BCUT2D eigenvalue weighted by Crippen LogP contribution is 2.27. The van der Waals surface area contributed by atoms with Crippen LogP contribution in [0.4, 0.5) is 0 Å². The SMILES string of the molecule is CN(C)C(=O)CN=C(NCCSc1ccc(Cl)cc1)NCC1CC1.I. The number of thioether (sulfide) groups is 1. The number of rotatable bonds is 8. The number of carbonyl (C=O) groups excluding carboxylic acids is 1. The molecule has 1 aromatic carbocycles. The number of likely N-dealkylation sites (N-methyl/N-ethyl adjacent to an activating group) is 1. The summed E-state index contributed by atoms with van der Waals surface area (Å²) in [6.45, 7) is 1.86. The van der Waals surface area contributed by atoms with Crippen molar-refractivity contribution >= 4 is 59.2 Å². The smallest absolute Gasteiger partial charge is 0.243 e. The number of nitrogens with zero attached hydrogens (tertiary/aromatic N) is 2. The molecule has 1 fully saturated rings. The molecule has 0 aromatic heterocycles. The molecule has 0 bridgehead atoms. The normalized spacial score (nSPS) is 13.8.